The highest BCUT2D eigenvalue weighted by Gasteiger charge is 2.66. The number of β-amino-alcohol motifs (C(OH)–C–C–N with tert-alkyl or cyclic N) is 1. The van der Waals surface area contributed by atoms with Crippen molar-refractivity contribution in [3.05, 3.63) is 0 Å². The molecule has 0 bridgehead atoms. The molecule has 0 aromatic heterocycles. The van der Waals surface area contributed by atoms with E-state index in [0.29, 0.717) is 0 Å². The number of hydrogen-bond donors (Lipinski definition) is 6. The number of carboxylic acids is 2. The summed E-state index contributed by atoms with van der Waals surface area (Å²) >= 11 is 0. The predicted molar refractivity (Wildman–Crippen MR) is 66.6 cm³/mol. The average Bonchev–Trinajstić information content (AvgIpc) is 2.87. The number of aliphatic hydroxyl groups is 2. The molecule has 0 spiro atoms. The second-order valence-corrected chi connectivity index (χ2v) is 5.89. The van der Waals surface area contributed by atoms with Crippen LogP contribution in [0.3, 0.4) is 0 Å². The lowest BCUT2D eigenvalue weighted by Crippen LogP contribution is -2.60. The zero-order valence-corrected chi connectivity index (χ0v) is 11.1. The number of aliphatic hydroxyl groups excluding tert-OH is 2. The molecule has 0 aromatic carbocycles. The van der Waals surface area contributed by atoms with E-state index in [0.717, 1.165) is 0 Å². The van der Waals surface area contributed by atoms with Crippen LogP contribution in [0.1, 0.15) is 6.42 Å². The van der Waals surface area contributed by atoms with Gasteiger partial charge >= 0.3 is 11.9 Å². The standard InChI is InChI=1S/C12H18N2O7/c15-5-3-13-7-4-2-14-10(11(19)20)12(4,1-6(16)17)21-9(7)8(5)18/h4-5,7-10,13-15,18H,1-3H2,(H,16,17)(H,19,20)/t4-,5+,7-,8+,9+,10-,12+/m1/s1. The lowest BCUT2D eigenvalue weighted by Gasteiger charge is -2.35. The summed E-state index contributed by atoms with van der Waals surface area (Å²) in [5.41, 5.74) is -1.43. The summed E-state index contributed by atoms with van der Waals surface area (Å²) < 4.78 is 5.75. The van der Waals surface area contributed by atoms with Gasteiger partial charge < -0.3 is 35.8 Å². The van der Waals surface area contributed by atoms with Gasteiger partial charge in [-0.2, -0.15) is 0 Å². The van der Waals surface area contributed by atoms with Crippen molar-refractivity contribution in [2.75, 3.05) is 13.1 Å². The molecule has 9 nitrogen and oxygen atoms in total. The van der Waals surface area contributed by atoms with E-state index in [1.807, 2.05) is 0 Å². The summed E-state index contributed by atoms with van der Waals surface area (Å²) in [4.78, 5) is 22.6. The first-order chi connectivity index (χ1) is 9.86. The minimum Gasteiger partial charge on any atom is -0.481 e. The van der Waals surface area contributed by atoms with Crippen molar-refractivity contribution >= 4 is 11.9 Å². The van der Waals surface area contributed by atoms with Crippen LogP contribution < -0.4 is 10.6 Å². The van der Waals surface area contributed by atoms with Crippen molar-refractivity contribution in [2.45, 2.75) is 42.4 Å². The molecule has 0 aromatic rings. The van der Waals surface area contributed by atoms with Crippen LogP contribution in [0.5, 0.6) is 0 Å². The van der Waals surface area contributed by atoms with Crippen molar-refractivity contribution in [2.24, 2.45) is 5.92 Å². The number of hydrogen-bond acceptors (Lipinski definition) is 7. The Hall–Kier alpha value is -1.26. The van der Waals surface area contributed by atoms with Gasteiger partial charge in [0.15, 0.2) is 0 Å². The maximum Gasteiger partial charge on any atom is 0.323 e. The van der Waals surface area contributed by atoms with E-state index in [1.165, 1.54) is 0 Å². The molecule has 0 amide bonds. The van der Waals surface area contributed by atoms with E-state index in [4.69, 9.17) is 9.84 Å². The third-order valence-electron chi connectivity index (χ3n) is 4.77. The lowest BCUT2D eigenvalue weighted by atomic mass is 9.78. The topological polar surface area (TPSA) is 148 Å². The smallest absolute Gasteiger partial charge is 0.323 e. The van der Waals surface area contributed by atoms with Gasteiger partial charge in [0.05, 0.1) is 12.5 Å². The third kappa shape index (κ3) is 2.04. The molecular formula is C12H18N2O7. The van der Waals surface area contributed by atoms with Crippen molar-refractivity contribution in [3.8, 4) is 0 Å². The molecule has 3 rings (SSSR count). The zero-order chi connectivity index (χ0) is 15.4. The molecule has 3 aliphatic heterocycles. The average molecular weight is 302 g/mol. The molecule has 21 heavy (non-hydrogen) atoms. The normalized spacial score (nSPS) is 48.7. The highest BCUT2D eigenvalue weighted by molar-refractivity contribution is 5.79. The molecule has 7 atom stereocenters. The predicted octanol–water partition coefficient (Wildman–Crippen LogP) is -3.04. The molecule has 3 aliphatic rings. The number of rotatable bonds is 3. The lowest BCUT2D eigenvalue weighted by molar-refractivity contribution is -0.168. The molecule has 0 aliphatic carbocycles. The van der Waals surface area contributed by atoms with Gasteiger partial charge in [-0.3, -0.25) is 9.59 Å². The number of carbonyl (C=O) groups is 2. The molecule has 0 saturated carbocycles. The molecule has 6 N–H and O–H groups in total. The Kier molecular flexibility index (Phi) is 3.41. The minimum absolute atomic E-state index is 0.156. The van der Waals surface area contributed by atoms with E-state index in [9.17, 15) is 24.9 Å². The van der Waals surface area contributed by atoms with Gasteiger partial charge in [0.25, 0.3) is 0 Å². The van der Waals surface area contributed by atoms with Gasteiger partial charge in [-0.15, -0.1) is 0 Å². The molecule has 0 radical (unpaired) electrons. The SMILES string of the molecule is O=C(O)C[C@]12O[C@@H]3[C@@H](O)[C@@H](O)CN[C@@H]3[C@H]1CN[C@@H]2C(=O)O. The first kappa shape index (κ1) is 14.7. The summed E-state index contributed by atoms with van der Waals surface area (Å²) in [6.45, 7) is 0.435. The Morgan fingerprint density at radius 2 is 1.90 bits per heavy atom. The Balaban J connectivity index is 1.96. The van der Waals surface area contributed by atoms with E-state index in [-0.39, 0.29) is 19.1 Å². The molecule has 9 heteroatoms. The Morgan fingerprint density at radius 3 is 2.52 bits per heavy atom. The maximum atomic E-state index is 11.4. The second-order valence-electron chi connectivity index (χ2n) is 5.89. The largest absolute Gasteiger partial charge is 0.481 e. The molecule has 3 saturated heterocycles. The van der Waals surface area contributed by atoms with Crippen LogP contribution in [-0.2, 0) is 14.3 Å². The summed E-state index contributed by atoms with van der Waals surface area (Å²) in [5.74, 6) is -2.75. The fraction of sp³-hybridized carbons (Fsp3) is 0.833. The number of aliphatic carboxylic acids is 2. The minimum atomic E-state index is -1.43. The highest BCUT2D eigenvalue weighted by Crippen LogP contribution is 2.47. The molecular weight excluding hydrogens is 284 g/mol. The number of piperidine rings is 1. The number of fused-ring (bicyclic) bond motifs is 3. The van der Waals surface area contributed by atoms with Gasteiger partial charge in [0.2, 0.25) is 0 Å². The number of ether oxygens (including phenoxy) is 1. The number of nitrogens with one attached hydrogen (secondary N) is 2. The third-order valence-corrected chi connectivity index (χ3v) is 4.77. The van der Waals surface area contributed by atoms with E-state index < -0.39 is 54.2 Å². The van der Waals surface area contributed by atoms with Crippen molar-refractivity contribution in [1.82, 2.24) is 10.6 Å². The van der Waals surface area contributed by atoms with E-state index >= 15 is 0 Å². The van der Waals surface area contributed by atoms with Gasteiger partial charge in [-0.1, -0.05) is 0 Å². The van der Waals surface area contributed by atoms with Crippen LogP contribution in [0, 0.1) is 5.92 Å². The summed E-state index contributed by atoms with van der Waals surface area (Å²) in [6, 6.07) is -1.55. The van der Waals surface area contributed by atoms with Crippen LogP contribution in [0.15, 0.2) is 0 Å². The Labute approximate surface area is 119 Å². The van der Waals surface area contributed by atoms with Crippen LogP contribution in [0.25, 0.3) is 0 Å². The molecule has 118 valence electrons. The first-order valence-electron chi connectivity index (χ1n) is 6.82. The van der Waals surface area contributed by atoms with Gasteiger partial charge in [0, 0.05) is 25.0 Å². The molecule has 0 unspecified atom stereocenters. The molecule has 3 heterocycles. The van der Waals surface area contributed by atoms with Crippen LogP contribution in [-0.4, -0.2) is 81.5 Å². The summed E-state index contributed by atoms with van der Waals surface area (Å²) in [5, 5.41) is 44.0. The molecule has 3 fully saturated rings. The van der Waals surface area contributed by atoms with Crippen molar-refractivity contribution < 1.29 is 34.8 Å². The zero-order valence-electron chi connectivity index (χ0n) is 11.1. The highest BCUT2D eigenvalue weighted by atomic mass is 16.5. The van der Waals surface area contributed by atoms with Crippen molar-refractivity contribution in [3.63, 3.8) is 0 Å². The fourth-order valence-electron chi connectivity index (χ4n) is 3.89. The Morgan fingerprint density at radius 1 is 1.19 bits per heavy atom. The first-order valence-corrected chi connectivity index (χ1v) is 6.82. The second kappa shape index (κ2) is 4.89. The van der Waals surface area contributed by atoms with Crippen LogP contribution in [0.4, 0.5) is 0 Å². The maximum absolute atomic E-state index is 11.4. The van der Waals surface area contributed by atoms with Crippen LogP contribution >= 0.6 is 0 Å². The van der Waals surface area contributed by atoms with Gasteiger partial charge in [-0.25, -0.2) is 0 Å². The summed E-state index contributed by atoms with van der Waals surface area (Å²) in [7, 11) is 0. The quantitative estimate of drug-likeness (QED) is 0.320. The Bertz CT molecular complexity index is 473. The van der Waals surface area contributed by atoms with Gasteiger partial charge in [0.1, 0.15) is 23.9 Å². The van der Waals surface area contributed by atoms with E-state index in [2.05, 4.69) is 10.6 Å². The number of carboxylic acid groups (broad SMARTS) is 2. The van der Waals surface area contributed by atoms with Crippen molar-refractivity contribution in [1.29, 1.82) is 0 Å². The summed E-state index contributed by atoms with van der Waals surface area (Å²) in [6.07, 6.45) is -3.48. The monoisotopic (exact) mass is 302 g/mol. The van der Waals surface area contributed by atoms with E-state index in [1.54, 1.807) is 0 Å². The fourth-order valence-corrected chi connectivity index (χ4v) is 3.89. The van der Waals surface area contributed by atoms with Crippen LogP contribution in [0.2, 0.25) is 0 Å². The van der Waals surface area contributed by atoms with Gasteiger partial charge in [-0.05, 0) is 0 Å².